The van der Waals surface area contributed by atoms with Crippen LogP contribution in [0, 0.1) is 11.8 Å². The normalized spacial score (nSPS) is 31.7. The smallest absolute Gasteiger partial charge is 0.405 e. The molecule has 0 saturated carbocycles. The van der Waals surface area contributed by atoms with Crippen molar-refractivity contribution in [3.8, 4) is 0 Å². The van der Waals surface area contributed by atoms with Crippen molar-refractivity contribution in [2.75, 3.05) is 20.8 Å². The third kappa shape index (κ3) is 10.1. The first-order valence-electron chi connectivity index (χ1n) is 14.5. The van der Waals surface area contributed by atoms with Crippen molar-refractivity contribution in [2.45, 2.75) is 90.8 Å². The average Bonchev–Trinajstić information content (AvgIpc) is 2.93. The molecule has 12 heteroatoms. The summed E-state index contributed by atoms with van der Waals surface area (Å²) in [6.45, 7) is 8.62. The molecule has 12 nitrogen and oxygen atoms in total. The number of methoxy groups -OCH3 is 2. The van der Waals surface area contributed by atoms with Crippen molar-refractivity contribution in [3.63, 3.8) is 0 Å². The monoisotopic (exact) mass is 605 g/mol. The van der Waals surface area contributed by atoms with E-state index >= 15 is 0 Å². The van der Waals surface area contributed by atoms with Crippen LogP contribution in [-0.4, -0.2) is 85.1 Å². The number of aliphatic hydroxyl groups is 2. The van der Waals surface area contributed by atoms with Crippen molar-refractivity contribution in [2.24, 2.45) is 17.6 Å². The Kier molecular flexibility index (Phi) is 13.8. The number of carbonyl (C=O) groups is 4. The van der Waals surface area contributed by atoms with Crippen LogP contribution in [0.1, 0.15) is 60.3 Å². The molecule has 0 radical (unpaired) electrons. The first-order valence-corrected chi connectivity index (χ1v) is 14.5. The van der Waals surface area contributed by atoms with Gasteiger partial charge in [0.1, 0.15) is 0 Å². The number of ether oxygens (including phenoxy) is 3. The minimum absolute atomic E-state index is 0.0507. The molecule has 0 aromatic heterocycles. The van der Waals surface area contributed by atoms with Gasteiger partial charge in [-0.2, -0.15) is 0 Å². The van der Waals surface area contributed by atoms with E-state index in [9.17, 15) is 29.4 Å². The van der Waals surface area contributed by atoms with Crippen molar-refractivity contribution in [1.29, 1.82) is 0 Å². The zero-order valence-electron chi connectivity index (χ0n) is 26.1. The van der Waals surface area contributed by atoms with Gasteiger partial charge < -0.3 is 40.8 Å². The zero-order valence-corrected chi connectivity index (χ0v) is 26.1. The van der Waals surface area contributed by atoms with E-state index in [-0.39, 0.29) is 35.9 Å². The highest BCUT2D eigenvalue weighted by Gasteiger charge is 2.33. The molecule has 2 aliphatic rings. The number of rotatable bonds is 6. The van der Waals surface area contributed by atoms with Crippen molar-refractivity contribution in [3.05, 3.63) is 46.3 Å². The van der Waals surface area contributed by atoms with Gasteiger partial charge in [0.25, 0.3) is 5.91 Å². The van der Waals surface area contributed by atoms with E-state index in [2.05, 4.69) is 10.6 Å². The van der Waals surface area contributed by atoms with E-state index in [1.165, 1.54) is 14.2 Å². The van der Waals surface area contributed by atoms with Gasteiger partial charge in [0.05, 0.1) is 35.8 Å². The Bertz CT molecular complexity index is 1170. The molecule has 1 heterocycles. The summed E-state index contributed by atoms with van der Waals surface area (Å²) < 4.78 is 16.7. The number of hydrogen-bond acceptors (Lipinski definition) is 10. The molecule has 1 unspecified atom stereocenters. The lowest BCUT2D eigenvalue weighted by molar-refractivity contribution is -0.120. The number of ketones is 2. The quantitative estimate of drug-likeness (QED) is 0.221. The molecule has 1 aliphatic heterocycles. The lowest BCUT2D eigenvalue weighted by Gasteiger charge is -2.30. The first kappa shape index (κ1) is 35.9. The molecule has 2 rings (SSSR count). The Balaban J connectivity index is 2.57. The number of carbonyl (C=O) groups excluding carboxylic acids is 4. The van der Waals surface area contributed by atoms with Gasteiger partial charge in [-0.05, 0) is 57.9 Å². The largest absolute Gasteiger partial charge is 0.439 e. The second kappa shape index (κ2) is 16.5. The maximum absolute atomic E-state index is 13.6. The van der Waals surface area contributed by atoms with E-state index in [0.29, 0.717) is 30.4 Å². The highest BCUT2D eigenvalue weighted by molar-refractivity contribution is 6.23. The van der Waals surface area contributed by atoms with Gasteiger partial charge in [-0.25, -0.2) is 4.79 Å². The zero-order chi connectivity index (χ0) is 32.4. The van der Waals surface area contributed by atoms with E-state index < -0.39 is 60.0 Å². The summed E-state index contributed by atoms with van der Waals surface area (Å²) >= 11 is 0. The Labute approximate surface area is 253 Å². The van der Waals surface area contributed by atoms with Crippen LogP contribution in [0.4, 0.5) is 4.79 Å². The second-order valence-electron chi connectivity index (χ2n) is 11.5. The van der Waals surface area contributed by atoms with Crippen LogP contribution in [0.2, 0.25) is 0 Å². The fraction of sp³-hybridized carbons (Fsp3) is 0.613. The Morgan fingerprint density at radius 1 is 1.16 bits per heavy atom. The van der Waals surface area contributed by atoms with Crippen molar-refractivity contribution < 1.29 is 43.6 Å². The maximum atomic E-state index is 13.6. The second-order valence-corrected chi connectivity index (χ2v) is 11.5. The molecule has 0 spiro atoms. The molecule has 6 N–H and O–H groups in total. The van der Waals surface area contributed by atoms with Gasteiger partial charge in [-0.1, -0.05) is 26.0 Å². The van der Waals surface area contributed by atoms with Crippen LogP contribution >= 0.6 is 0 Å². The number of Topliss-reactive ketones (excluding diaryl/α,β-unsaturated/α-hetero) is 1. The molecule has 43 heavy (non-hydrogen) atoms. The molecule has 1 aliphatic carbocycles. The molecule has 0 aromatic rings. The summed E-state index contributed by atoms with van der Waals surface area (Å²) in [7, 11) is 2.96. The van der Waals surface area contributed by atoms with Crippen LogP contribution in [0.25, 0.3) is 0 Å². The van der Waals surface area contributed by atoms with Gasteiger partial charge in [0.2, 0.25) is 11.6 Å². The molecule has 0 aromatic carbocycles. The summed E-state index contributed by atoms with van der Waals surface area (Å²) in [5.74, 6) is -2.23. The van der Waals surface area contributed by atoms with Crippen LogP contribution in [0.3, 0.4) is 0 Å². The lowest BCUT2D eigenvalue weighted by atomic mass is 9.85. The Hall–Kier alpha value is -3.32. The highest BCUT2D eigenvalue weighted by atomic mass is 16.6. The Morgan fingerprint density at radius 2 is 1.81 bits per heavy atom. The van der Waals surface area contributed by atoms with Gasteiger partial charge in [0, 0.05) is 43.9 Å². The number of hydrogen-bond donors (Lipinski definition) is 5. The fourth-order valence-corrected chi connectivity index (χ4v) is 5.33. The van der Waals surface area contributed by atoms with Gasteiger partial charge in [-0.3, -0.25) is 14.4 Å². The summed E-state index contributed by atoms with van der Waals surface area (Å²) in [6.07, 6.45) is 0.909. The van der Waals surface area contributed by atoms with E-state index in [4.69, 9.17) is 19.9 Å². The van der Waals surface area contributed by atoms with E-state index in [1.807, 2.05) is 6.92 Å². The third-order valence-electron chi connectivity index (χ3n) is 7.69. The number of fused-ring (bicyclic) bond motifs is 2. The molecular weight excluding hydrogens is 558 g/mol. The lowest BCUT2D eigenvalue weighted by Crippen LogP contribution is -2.38. The number of nitrogens with two attached hydrogens (primary N) is 1. The number of amides is 2. The molecule has 240 valence electrons. The topological polar surface area (TPSA) is 187 Å². The molecule has 2 bridgehead atoms. The number of aliphatic hydroxyl groups excluding tert-OH is 2. The van der Waals surface area contributed by atoms with Crippen LogP contribution in [-0.2, 0) is 28.6 Å². The molecule has 7 atom stereocenters. The van der Waals surface area contributed by atoms with Crippen molar-refractivity contribution >= 4 is 23.6 Å². The summed E-state index contributed by atoms with van der Waals surface area (Å²) in [5, 5.41) is 26.5. The molecular formula is C31H47N3O9. The van der Waals surface area contributed by atoms with Gasteiger partial charge in [0.15, 0.2) is 6.10 Å². The van der Waals surface area contributed by atoms with Gasteiger partial charge in [-0.15, -0.1) is 0 Å². The number of nitrogens with one attached hydrogen (secondary N) is 2. The summed E-state index contributed by atoms with van der Waals surface area (Å²) in [6, 6.07) is 0. The first-order chi connectivity index (χ1) is 20.2. The van der Waals surface area contributed by atoms with Crippen LogP contribution in [0.5, 0.6) is 0 Å². The van der Waals surface area contributed by atoms with E-state index in [0.717, 1.165) is 6.08 Å². The van der Waals surface area contributed by atoms with E-state index in [1.54, 1.807) is 39.8 Å². The van der Waals surface area contributed by atoms with Crippen LogP contribution in [0.15, 0.2) is 46.3 Å². The highest BCUT2D eigenvalue weighted by Crippen LogP contribution is 2.29. The summed E-state index contributed by atoms with van der Waals surface area (Å²) in [5.41, 5.74) is 6.40. The minimum Gasteiger partial charge on any atom is -0.439 e. The van der Waals surface area contributed by atoms with Gasteiger partial charge >= 0.3 is 6.09 Å². The average molecular weight is 606 g/mol. The maximum Gasteiger partial charge on any atom is 0.405 e. The predicted octanol–water partition coefficient (Wildman–Crippen LogP) is 1.96. The molecule has 2 amide bonds. The summed E-state index contributed by atoms with van der Waals surface area (Å²) in [4.78, 5) is 51.5. The standard InChI is InChI=1S/C31H47N3O9/c1-16-11-21-26(33-15-20(5)35)23(36)14-22(28(21)38)34-30(39)17(2)9-8-10-24(41-6)29(43-31(32)40)19(4)13-18(3)27(37)25(12-16)42-7/h9,13-14,16,18,20,24-25,27,29,33,35,37H,8,10-12,15H2,1-7H3,(H2,32,40)(H,34,39)/b17-9+,19-13+/t16-,18+,20?,24+,25+,27-,29+/m1/s1. The van der Waals surface area contributed by atoms with Crippen molar-refractivity contribution in [1.82, 2.24) is 10.6 Å². The van der Waals surface area contributed by atoms with Crippen LogP contribution < -0.4 is 16.4 Å². The Morgan fingerprint density at radius 3 is 2.40 bits per heavy atom. The SMILES string of the molecule is CO[C@H]1C[C@H](C)CC2=C(NCC(C)O)C(=O)C=C(NC(=O)/C(C)=C/CC[C@H](OC)[C@@H](OC(N)=O)/C(C)=C/[C@H](C)[C@H]1O)C2=O. The number of primary amides is 1. The minimum atomic E-state index is -0.976. The predicted molar refractivity (Wildman–Crippen MR) is 159 cm³/mol. The third-order valence-corrected chi connectivity index (χ3v) is 7.69. The fourth-order valence-electron chi connectivity index (χ4n) is 5.33. The molecule has 0 saturated heterocycles. The number of allylic oxidation sites excluding steroid dienone is 3. The molecule has 0 fully saturated rings.